The van der Waals surface area contributed by atoms with Gasteiger partial charge >= 0.3 is 0 Å². The minimum atomic E-state index is 0.236. The predicted octanol–water partition coefficient (Wildman–Crippen LogP) is 3.64. The van der Waals surface area contributed by atoms with Crippen molar-refractivity contribution in [3.8, 4) is 11.5 Å². The van der Waals surface area contributed by atoms with Crippen molar-refractivity contribution in [3.05, 3.63) is 40.9 Å². The molecule has 0 radical (unpaired) electrons. The largest absolute Gasteiger partial charge is 0.454 e. The van der Waals surface area contributed by atoms with E-state index in [1.807, 2.05) is 37.3 Å². The quantitative estimate of drug-likeness (QED) is 0.582. The van der Waals surface area contributed by atoms with E-state index in [1.54, 1.807) is 4.52 Å². The topological polar surface area (TPSA) is 76.5 Å². The SMILES string of the molecule is Cc1ccc(Nc2nc3nc4cc5c(cc4n3[nH]2)OCO5)cc1Cl. The van der Waals surface area contributed by atoms with Crippen molar-refractivity contribution in [2.45, 2.75) is 6.92 Å². The first-order valence-corrected chi connectivity index (χ1v) is 7.76. The smallest absolute Gasteiger partial charge is 0.253 e. The first-order valence-electron chi connectivity index (χ1n) is 7.38. The van der Waals surface area contributed by atoms with Gasteiger partial charge in [0.15, 0.2) is 11.5 Å². The molecule has 2 aromatic heterocycles. The second-order valence-electron chi connectivity index (χ2n) is 5.60. The van der Waals surface area contributed by atoms with E-state index >= 15 is 0 Å². The van der Waals surface area contributed by atoms with Gasteiger partial charge in [0.05, 0.1) is 11.0 Å². The number of H-pyrrole nitrogens is 1. The zero-order chi connectivity index (χ0) is 16.3. The van der Waals surface area contributed by atoms with Crippen molar-refractivity contribution in [2.24, 2.45) is 0 Å². The number of anilines is 2. The molecular formula is C16H12ClN5O2. The van der Waals surface area contributed by atoms with Gasteiger partial charge in [0, 0.05) is 22.8 Å². The Morgan fingerprint density at radius 1 is 1.17 bits per heavy atom. The molecule has 0 bridgehead atoms. The second-order valence-corrected chi connectivity index (χ2v) is 6.01. The molecule has 0 spiro atoms. The van der Waals surface area contributed by atoms with E-state index in [1.165, 1.54) is 0 Å². The number of hydrogen-bond donors (Lipinski definition) is 2. The van der Waals surface area contributed by atoms with Crippen molar-refractivity contribution >= 4 is 40.0 Å². The lowest BCUT2D eigenvalue weighted by molar-refractivity contribution is 0.174. The highest BCUT2D eigenvalue weighted by Crippen LogP contribution is 2.36. The maximum Gasteiger partial charge on any atom is 0.253 e. The molecule has 0 unspecified atom stereocenters. The zero-order valence-corrected chi connectivity index (χ0v) is 13.4. The van der Waals surface area contributed by atoms with Crippen molar-refractivity contribution < 1.29 is 9.47 Å². The van der Waals surface area contributed by atoms with Crippen LogP contribution in [-0.4, -0.2) is 26.4 Å². The van der Waals surface area contributed by atoms with Crippen LogP contribution in [0.25, 0.3) is 16.8 Å². The standard InChI is InChI=1S/C16H12ClN5O2/c1-8-2-3-9(4-10(8)17)18-15-20-16-19-11-5-13-14(24-7-23-13)6-12(11)22(16)21-15/h2-6H,7H2,1H3,(H2,18,19,20,21). The average molecular weight is 342 g/mol. The third-order valence-corrected chi connectivity index (χ3v) is 4.40. The van der Waals surface area contributed by atoms with E-state index < -0.39 is 0 Å². The number of fused-ring (bicyclic) bond motifs is 4. The van der Waals surface area contributed by atoms with Crippen LogP contribution in [-0.2, 0) is 0 Å². The number of halogens is 1. The summed E-state index contributed by atoms with van der Waals surface area (Å²) >= 11 is 6.16. The summed E-state index contributed by atoms with van der Waals surface area (Å²) in [6.07, 6.45) is 0. The van der Waals surface area contributed by atoms with E-state index in [0.717, 1.165) is 22.3 Å². The van der Waals surface area contributed by atoms with Crippen LogP contribution in [0, 0.1) is 6.92 Å². The van der Waals surface area contributed by atoms with Crippen LogP contribution in [0.3, 0.4) is 0 Å². The maximum absolute atomic E-state index is 6.16. The lowest BCUT2D eigenvalue weighted by Gasteiger charge is -2.04. The molecule has 7 nitrogen and oxygen atoms in total. The van der Waals surface area contributed by atoms with Gasteiger partial charge in [0.25, 0.3) is 5.78 Å². The number of imidazole rings is 1. The number of hydrogen-bond acceptors (Lipinski definition) is 5. The summed E-state index contributed by atoms with van der Waals surface area (Å²) in [6, 6.07) is 9.51. The van der Waals surface area contributed by atoms with Gasteiger partial charge in [0.1, 0.15) is 0 Å². The summed E-state index contributed by atoms with van der Waals surface area (Å²) in [5, 5.41) is 7.08. The first kappa shape index (κ1) is 13.5. The number of ether oxygens (including phenoxy) is 2. The summed E-state index contributed by atoms with van der Waals surface area (Å²) in [5.41, 5.74) is 3.54. The molecule has 0 fully saturated rings. The molecule has 0 aliphatic carbocycles. The molecule has 120 valence electrons. The Kier molecular flexibility index (Phi) is 2.69. The molecule has 1 aliphatic heterocycles. The van der Waals surface area contributed by atoms with Crippen LogP contribution in [0.2, 0.25) is 5.02 Å². The lowest BCUT2D eigenvalue weighted by atomic mass is 10.2. The minimum absolute atomic E-state index is 0.236. The Balaban J connectivity index is 1.57. The molecular weight excluding hydrogens is 330 g/mol. The van der Waals surface area contributed by atoms with Crippen molar-refractivity contribution in [1.82, 2.24) is 19.6 Å². The van der Waals surface area contributed by atoms with Gasteiger partial charge in [-0.2, -0.15) is 4.98 Å². The van der Waals surface area contributed by atoms with Gasteiger partial charge in [-0.15, -0.1) is 0 Å². The van der Waals surface area contributed by atoms with E-state index in [2.05, 4.69) is 20.4 Å². The van der Waals surface area contributed by atoms with Crippen LogP contribution in [0.15, 0.2) is 30.3 Å². The molecule has 0 amide bonds. The predicted molar refractivity (Wildman–Crippen MR) is 90.4 cm³/mol. The Bertz CT molecular complexity index is 1100. The molecule has 2 aromatic carbocycles. The molecule has 0 atom stereocenters. The Hall–Kier alpha value is -2.93. The van der Waals surface area contributed by atoms with Crippen molar-refractivity contribution in [2.75, 3.05) is 12.1 Å². The van der Waals surface area contributed by atoms with Crippen LogP contribution in [0.5, 0.6) is 11.5 Å². The van der Waals surface area contributed by atoms with Crippen LogP contribution >= 0.6 is 11.6 Å². The molecule has 3 heterocycles. The van der Waals surface area contributed by atoms with Gasteiger partial charge in [-0.1, -0.05) is 17.7 Å². The number of aromatic nitrogens is 4. The fourth-order valence-corrected chi connectivity index (χ4v) is 2.91. The molecule has 2 N–H and O–H groups in total. The second kappa shape index (κ2) is 4.78. The summed E-state index contributed by atoms with van der Waals surface area (Å²) < 4.78 is 12.6. The Morgan fingerprint density at radius 3 is 2.83 bits per heavy atom. The number of rotatable bonds is 2. The van der Waals surface area contributed by atoms with Crippen molar-refractivity contribution in [3.63, 3.8) is 0 Å². The van der Waals surface area contributed by atoms with Gasteiger partial charge in [0.2, 0.25) is 12.7 Å². The molecule has 8 heteroatoms. The number of aromatic amines is 1. The molecule has 0 saturated heterocycles. The molecule has 0 saturated carbocycles. The van der Waals surface area contributed by atoms with E-state index in [-0.39, 0.29) is 6.79 Å². The number of nitrogens with zero attached hydrogens (tertiary/aromatic N) is 3. The summed E-state index contributed by atoms with van der Waals surface area (Å²) in [6.45, 7) is 2.20. The maximum atomic E-state index is 6.16. The first-order chi connectivity index (χ1) is 11.7. The molecule has 24 heavy (non-hydrogen) atoms. The zero-order valence-electron chi connectivity index (χ0n) is 12.6. The van der Waals surface area contributed by atoms with Gasteiger partial charge < -0.3 is 14.8 Å². The minimum Gasteiger partial charge on any atom is -0.454 e. The van der Waals surface area contributed by atoms with Gasteiger partial charge in [-0.3, -0.25) is 5.10 Å². The monoisotopic (exact) mass is 341 g/mol. The van der Waals surface area contributed by atoms with Crippen molar-refractivity contribution in [1.29, 1.82) is 0 Å². The van der Waals surface area contributed by atoms with E-state index in [0.29, 0.717) is 28.2 Å². The van der Waals surface area contributed by atoms with Crippen LogP contribution in [0.1, 0.15) is 5.56 Å². The fraction of sp³-hybridized carbons (Fsp3) is 0.125. The normalized spacial score (nSPS) is 13.1. The van der Waals surface area contributed by atoms with Crippen LogP contribution in [0.4, 0.5) is 11.6 Å². The number of aryl methyl sites for hydroxylation is 1. The highest BCUT2D eigenvalue weighted by Gasteiger charge is 2.18. The number of benzene rings is 2. The third-order valence-electron chi connectivity index (χ3n) is 4.00. The lowest BCUT2D eigenvalue weighted by Crippen LogP contribution is -1.94. The average Bonchev–Trinajstić information content (AvgIpc) is 3.23. The number of nitrogens with one attached hydrogen (secondary N) is 2. The Morgan fingerprint density at radius 2 is 2.00 bits per heavy atom. The van der Waals surface area contributed by atoms with E-state index in [4.69, 9.17) is 21.1 Å². The third kappa shape index (κ3) is 1.98. The highest BCUT2D eigenvalue weighted by molar-refractivity contribution is 6.31. The summed E-state index contributed by atoms with van der Waals surface area (Å²) in [4.78, 5) is 8.97. The van der Waals surface area contributed by atoms with Crippen LogP contribution < -0.4 is 14.8 Å². The Labute approximate surface area is 141 Å². The molecule has 1 aliphatic rings. The van der Waals surface area contributed by atoms with Gasteiger partial charge in [-0.05, 0) is 24.6 Å². The summed E-state index contributed by atoms with van der Waals surface area (Å²) in [7, 11) is 0. The molecule has 4 aromatic rings. The fourth-order valence-electron chi connectivity index (χ4n) is 2.73. The molecule has 5 rings (SSSR count). The van der Waals surface area contributed by atoms with E-state index in [9.17, 15) is 0 Å². The summed E-state index contributed by atoms with van der Waals surface area (Å²) in [5.74, 6) is 2.56. The van der Waals surface area contributed by atoms with Gasteiger partial charge in [-0.25, -0.2) is 9.50 Å². The highest BCUT2D eigenvalue weighted by atomic mass is 35.5.